The molecule has 100 valence electrons. The zero-order chi connectivity index (χ0) is 13.2. The van der Waals surface area contributed by atoms with Gasteiger partial charge in [-0.25, -0.2) is 8.42 Å². The summed E-state index contributed by atoms with van der Waals surface area (Å²) < 4.78 is 27.6. The van der Waals surface area contributed by atoms with Crippen LogP contribution in [0.25, 0.3) is 0 Å². The van der Waals surface area contributed by atoms with E-state index < -0.39 is 15.9 Å². The van der Waals surface area contributed by atoms with Gasteiger partial charge in [-0.3, -0.25) is 0 Å². The van der Waals surface area contributed by atoms with Crippen molar-refractivity contribution < 1.29 is 18.3 Å². The lowest BCUT2D eigenvalue weighted by molar-refractivity contribution is 0.120. The topological polar surface area (TPSA) is 63.6 Å². The number of aliphatic hydroxyl groups excluding tert-OH is 1. The fourth-order valence-corrected chi connectivity index (χ4v) is 2.95. The summed E-state index contributed by atoms with van der Waals surface area (Å²) in [6.07, 6.45) is 1.64. The van der Waals surface area contributed by atoms with Gasteiger partial charge in [-0.2, -0.15) is 0 Å². The summed E-state index contributed by atoms with van der Waals surface area (Å²) in [7, 11) is -2.95. The molecule has 1 N–H and O–H groups in total. The molecule has 18 heavy (non-hydrogen) atoms. The Balaban J connectivity index is 1.93. The van der Waals surface area contributed by atoms with E-state index in [1.807, 2.05) is 24.3 Å². The normalized spacial score (nSPS) is 20.2. The van der Waals surface area contributed by atoms with Gasteiger partial charge in [0.25, 0.3) is 0 Å². The van der Waals surface area contributed by atoms with Crippen LogP contribution in [0.2, 0.25) is 0 Å². The van der Waals surface area contributed by atoms with E-state index in [1.165, 1.54) is 6.26 Å². The highest BCUT2D eigenvalue weighted by Crippen LogP contribution is 2.36. The van der Waals surface area contributed by atoms with Crippen molar-refractivity contribution in [3.63, 3.8) is 0 Å². The third-order valence-corrected chi connectivity index (χ3v) is 4.25. The van der Waals surface area contributed by atoms with Gasteiger partial charge in [0.15, 0.2) is 0 Å². The van der Waals surface area contributed by atoms with E-state index in [-0.39, 0.29) is 11.7 Å². The van der Waals surface area contributed by atoms with Crippen molar-refractivity contribution in [3.8, 4) is 5.75 Å². The Labute approximate surface area is 108 Å². The van der Waals surface area contributed by atoms with Crippen LogP contribution in [-0.4, -0.2) is 38.2 Å². The second kappa shape index (κ2) is 5.28. The minimum Gasteiger partial charge on any atom is -0.493 e. The maximum Gasteiger partial charge on any atom is 0.147 e. The van der Waals surface area contributed by atoms with Crippen molar-refractivity contribution in [1.82, 2.24) is 0 Å². The second-order valence-electron chi connectivity index (χ2n) is 4.79. The Morgan fingerprint density at radius 3 is 2.89 bits per heavy atom. The highest BCUT2D eigenvalue weighted by atomic mass is 32.2. The van der Waals surface area contributed by atoms with E-state index in [0.29, 0.717) is 19.4 Å². The molecule has 5 heteroatoms. The summed E-state index contributed by atoms with van der Waals surface area (Å²) in [5.41, 5.74) is 1.02. The summed E-state index contributed by atoms with van der Waals surface area (Å²) in [6, 6.07) is 7.66. The minimum absolute atomic E-state index is 0.0410. The largest absolute Gasteiger partial charge is 0.493 e. The number of hydrogen-bond donors (Lipinski definition) is 1. The zero-order valence-corrected chi connectivity index (χ0v) is 11.2. The number of benzene rings is 1. The highest BCUT2D eigenvalue weighted by molar-refractivity contribution is 7.90. The van der Waals surface area contributed by atoms with Crippen molar-refractivity contribution in [1.29, 1.82) is 0 Å². The molecule has 2 atom stereocenters. The van der Waals surface area contributed by atoms with E-state index >= 15 is 0 Å². The first-order valence-corrected chi connectivity index (χ1v) is 8.11. The maximum atomic E-state index is 11.0. The molecule has 1 aliphatic rings. The Kier molecular flexibility index (Phi) is 3.92. The van der Waals surface area contributed by atoms with Gasteiger partial charge >= 0.3 is 0 Å². The van der Waals surface area contributed by atoms with Crippen LogP contribution in [0.4, 0.5) is 0 Å². The van der Waals surface area contributed by atoms with E-state index in [4.69, 9.17) is 4.74 Å². The van der Waals surface area contributed by atoms with Crippen LogP contribution in [-0.2, 0) is 9.84 Å². The SMILES string of the molecule is CS(=O)(=O)CCCC(O)C1COc2ccccc21. The Morgan fingerprint density at radius 1 is 1.44 bits per heavy atom. The predicted molar refractivity (Wildman–Crippen MR) is 69.6 cm³/mol. The molecule has 1 heterocycles. The summed E-state index contributed by atoms with van der Waals surface area (Å²) in [5, 5.41) is 10.1. The minimum atomic E-state index is -2.95. The molecular formula is C13H18O4S. The van der Waals surface area contributed by atoms with Crippen LogP contribution in [0.5, 0.6) is 5.75 Å². The van der Waals surface area contributed by atoms with E-state index in [0.717, 1.165) is 11.3 Å². The van der Waals surface area contributed by atoms with Crippen LogP contribution in [0, 0.1) is 0 Å². The van der Waals surface area contributed by atoms with Gasteiger partial charge < -0.3 is 9.84 Å². The standard InChI is InChI=1S/C13H18O4S/c1-18(15,16)8-4-6-12(14)11-9-17-13-7-3-2-5-10(11)13/h2-3,5,7,11-12,14H,4,6,8-9H2,1H3. The number of ether oxygens (including phenoxy) is 1. The van der Waals surface area contributed by atoms with Gasteiger partial charge in [0.1, 0.15) is 15.6 Å². The molecule has 0 spiro atoms. The smallest absolute Gasteiger partial charge is 0.147 e. The first-order valence-electron chi connectivity index (χ1n) is 6.05. The molecule has 4 nitrogen and oxygen atoms in total. The van der Waals surface area contributed by atoms with Crippen LogP contribution in [0.3, 0.4) is 0 Å². The third kappa shape index (κ3) is 3.23. The molecule has 0 amide bonds. The molecule has 0 saturated carbocycles. The average molecular weight is 270 g/mol. The average Bonchev–Trinajstić information content (AvgIpc) is 2.70. The van der Waals surface area contributed by atoms with Gasteiger partial charge in [-0.05, 0) is 18.9 Å². The van der Waals surface area contributed by atoms with Crippen molar-refractivity contribution in [3.05, 3.63) is 29.8 Å². The van der Waals surface area contributed by atoms with Gasteiger partial charge in [0.05, 0.1) is 12.7 Å². The maximum absolute atomic E-state index is 11.0. The van der Waals surface area contributed by atoms with E-state index in [9.17, 15) is 13.5 Å². The molecule has 0 aliphatic carbocycles. The number of fused-ring (bicyclic) bond motifs is 1. The number of aliphatic hydroxyl groups is 1. The summed E-state index contributed by atoms with van der Waals surface area (Å²) in [4.78, 5) is 0. The number of hydrogen-bond acceptors (Lipinski definition) is 4. The molecule has 1 aromatic rings. The van der Waals surface area contributed by atoms with Crippen LogP contribution in [0.15, 0.2) is 24.3 Å². The molecule has 2 unspecified atom stereocenters. The molecule has 0 radical (unpaired) electrons. The predicted octanol–water partition coefficient (Wildman–Crippen LogP) is 1.35. The molecule has 0 fully saturated rings. The number of para-hydroxylation sites is 1. The molecule has 0 bridgehead atoms. The summed E-state index contributed by atoms with van der Waals surface area (Å²) >= 11 is 0. The van der Waals surface area contributed by atoms with Crippen molar-refractivity contribution >= 4 is 9.84 Å². The zero-order valence-electron chi connectivity index (χ0n) is 10.4. The Hall–Kier alpha value is -1.07. The first-order chi connectivity index (χ1) is 8.47. The molecule has 0 aromatic heterocycles. The Morgan fingerprint density at radius 2 is 2.17 bits per heavy atom. The van der Waals surface area contributed by atoms with Gasteiger partial charge in [-0.1, -0.05) is 18.2 Å². The quantitative estimate of drug-likeness (QED) is 0.877. The molecule has 0 saturated heterocycles. The van der Waals surface area contributed by atoms with Gasteiger partial charge in [-0.15, -0.1) is 0 Å². The lowest BCUT2D eigenvalue weighted by atomic mass is 9.93. The lowest BCUT2D eigenvalue weighted by Gasteiger charge is -2.16. The monoisotopic (exact) mass is 270 g/mol. The van der Waals surface area contributed by atoms with Gasteiger partial charge in [0.2, 0.25) is 0 Å². The molecular weight excluding hydrogens is 252 g/mol. The summed E-state index contributed by atoms with van der Waals surface area (Å²) in [6.45, 7) is 0.472. The first kappa shape index (κ1) is 13.4. The Bertz CT molecular complexity index is 509. The lowest BCUT2D eigenvalue weighted by Crippen LogP contribution is -2.20. The number of rotatable bonds is 5. The van der Waals surface area contributed by atoms with Crippen molar-refractivity contribution in [2.24, 2.45) is 0 Å². The van der Waals surface area contributed by atoms with E-state index in [1.54, 1.807) is 0 Å². The van der Waals surface area contributed by atoms with Crippen LogP contribution < -0.4 is 4.74 Å². The third-order valence-electron chi connectivity index (χ3n) is 3.22. The molecule has 1 aliphatic heterocycles. The van der Waals surface area contributed by atoms with Crippen LogP contribution >= 0.6 is 0 Å². The fraction of sp³-hybridized carbons (Fsp3) is 0.538. The van der Waals surface area contributed by atoms with E-state index in [2.05, 4.69) is 0 Å². The molecule has 2 rings (SSSR count). The fourth-order valence-electron chi connectivity index (χ4n) is 2.26. The molecule has 1 aromatic carbocycles. The van der Waals surface area contributed by atoms with Crippen molar-refractivity contribution in [2.45, 2.75) is 24.9 Å². The number of sulfone groups is 1. The van der Waals surface area contributed by atoms with Crippen molar-refractivity contribution in [2.75, 3.05) is 18.6 Å². The summed E-state index contributed by atoms with van der Waals surface area (Å²) in [5.74, 6) is 0.907. The second-order valence-corrected chi connectivity index (χ2v) is 7.05. The highest BCUT2D eigenvalue weighted by Gasteiger charge is 2.29. The van der Waals surface area contributed by atoms with Crippen LogP contribution in [0.1, 0.15) is 24.3 Å². The van der Waals surface area contributed by atoms with Gasteiger partial charge in [0, 0.05) is 23.5 Å².